The van der Waals surface area contributed by atoms with Crippen LogP contribution in [0.1, 0.15) is 18.5 Å². The Hall–Kier alpha value is -1.57. The molecule has 0 aliphatic carbocycles. The van der Waals surface area contributed by atoms with E-state index in [9.17, 15) is 4.79 Å². The zero-order valence-electron chi connectivity index (χ0n) is 10.6. The first-order valence-corrected chi connectivity index (χ1v) is 6.83. The van der Waals surface area contributed by atoms with Gasteiger partial charge in [-0.05, 0) is 47.2 Å². The van der Waals surface area contributed by atoms with Gasteiger partial charge in [0.2, 0.25) is 0 Å². The number of halogens is 1. The molecule has 0 fully saturated rings. The third-order valence-electron chi connectivity index (χ3n) is 2.77. The summed E-state index contributed by atoms with van der Waals surface area (Å²) >= 11 is 1.98. The van der Waals surface area contributed by atoms with E-state index >= 15 is 0 Å². The van der Waals surface area contributed by atoms with E-state index in [0.29, 0.717) is 9.39 Å². The molecule has 6 heteroatoms. The summed E-state index contributed by atoms with van der Waals surface area (Å²) in [5, 5.41) is 3.23. The van der Waals surface area contributed by atoms with Gasteiger partial charge in [0.05, 0.1) is 13.4 Å². The van der Waals surface area contributed by atoms with Crippen molar-refractivity contribution in [2.45, 2.75) is 13.0 Å². The molecule has 1 heterocycles. The number of nitrogens with zero attached hydrogens (tertiary/aromatic N) is 1. The van der Waals surface area contributed by atoms with Crippen LogP contribution in [0.5, 0.6) is 5.75 Å². The second-order valence-corrected chi connectivity index (χ2v) is 5.11. The van der Waals surface area contributed by atoms with Crippen molar-refractivity contribution in [2.24, 2.45) is 0 Å². The average Bonchev–Trinajstić information content (AvgIpc) is 2.44. The number of methoxy groups -OCH3 is 1. The normalized spacial score (nSPS) is 11.9. The quantitative estimate of drug-likeness (QED) is 0.811. The molecule has 0 aliphatic heterocycles. The van der Waals surface area contributed by atoms with E-state index in [1.54, 1.807) is 7.11 Å². The first-order valence-electron chi connectivity index (χ1n) is 5.75. The standard InChI is InChI=1S/C13H14IN3O2/c1-8(9-3-5-10(19-2)6-4-9)17-12-11(14)13(18)16-7-15-12/h3-8H,1-2H3,(H2,15,16,17,18). The van der Waals surface area contributed by atoms with Crippen molar-refractivity contribution in [1.29, 1.82) is 0 Å². The third-order valence-corrected chi connectivity index (χ3v) is 3.77. The molecule has 0 amide bonds. The lowest BCUT2D eigenvalue weighted by molar-refractivity contribution is 0.414. The average molecular weight is 371 g/mol. The lowest BCUT2D eigenvalue weighted by Gasteiger charge is -2.15. The van der Waals surface area contributed by atoms with Gasteiger partial charge in [0.1, 0.15) is 15.1 Å². The van der Waals surface area contributed by atoms with E-state index < -0.39 is 0 Å². The minimum atomic E-state index is -0.139. The number of nitrogens with one attached hydrogen (secondary N) is 2. The Morgan fingerprint density at radius 3 is 2.68 bits per heavy atom. The van der Waals surface area contributed by atoms with Crippen LogP contribution in [0.2, 0.25) is 0 Å². The fraction of sp³-hybridized carbons (Fsp3) is 0.231. The molecule has 0 aliphatic rings. The zero-order chi connectivity index (χ0) is 13.8. The highest BCUT2D eigenvalue weighted by Crippen LogP contribution is 2.21. The summed E-state index contributed by atoms with van der Waals surface area (Å²) in [4.78, 5) is 18.2. The number of ether oxygens (including phenoxy) is 1. The molecule has 1 aromatic carbocycles. The van der Waals surface area contributed by atoms with Crippen molar-refractivity contribution in [3.05, 3.63) is 50.1 Å². The maximum Gasteiger partial charge on any atom is 0.266 e. The minimum absolute atomic E-state index is 0.0497. The van der Waals surface area contributed by atoms with Gasteiger partial charge < -0.3 is 15.0 Å². The Kier molecular flexibility index (Phi) is 4.41. The van der Waals surface area contributed by atoms with E-state index in [4.69, 9.17) is 4.74 Å². The molecule has 5 nitrogen and oxygen atoms in total. The Labute approximate surface area is 124 Å². The van der Waals surface area contributed by atoms with Crippen LogP contribution in [0.15, 0.2) is 35.4 Å². The second kappa shape index (κ2) is 6.05. The smallest absolute Gasteiger partial charge is 0.266 e. The fourth-order valence-corrected chi connectivity index (χ4v) is 2.12. The van der Waals surface area contributed by atoms with Crippen molar-refractivity contribution >= 4 is 28.4 Å². The van der Waals surface area contributed by atoms with E-state index in [-0.39, 0.29) is 11.6 Å². The van der Waals surface area contributed by atoms with Crippen LogP contribution >= 0.6 is 22.6 Å². The number of H-pyrrole nitrogens is 1. The predicted octanol–water partition coefficient (Wildman–Crippen LogP) is 2.56. The van der Waals surface area contributed by atoms with Crippen molar-refractivity contribution < 1.29 is 4.74 Å². The van der Waals surface area contributed by atoms with E-state index in [1.807, 2.05) is 53.8 Å². The molecule has 0 saturated carbocycles. The molecule has 100 valence electrons. The van der Waals surface area contributed by atoms with Gasteiger partial charge in [-0.2, -0.15) is 0 Å². The van der Waals surface area contributed by atoms with Crippen LogP contribution in [0, 0.1) is 3.57 Å². The first kappa shape index (κ1) is 13.9. The second-order valence-electron chi connectivity index (χ2n) is 4.03. The van der Waals surface area contributed by atoms with Crippen molar-refractivity contribution in [3.63, 3.8) is 0 Å². The summed E-state index contributed by atoms with van der Waals surface area (Å²) in [6.45, 7) is 2.01. The van der Waals surface area contributed by atoms with Crippen LogP contribution < -0.4 is 15.6 Å². The van der Waals surface area contributed by atoms with E-state index in [1.165, 1.54) is 6.33 Å². The highest BCUT2D eigenvalue weighted by atomic mass is 127. The van der Waals surface area contributed by atoms with Gasteiger partial charge in [0, 0.05) is 6.04 Å². The van der Waals surface area contributed by atoms with Gasteiger partial charge in [-0.25, -0.2) is 4.98 Å². The third kappa shape index (κ3) is 3.25. The molecular formula is C13H14IN3O2. The van der Waals surface area contributed by atoms with Gasteiger partial charge >= 0.3 is 0 Å². The summed E-state index contributed by atoms with van der Waals surface area (Å²) in [7, 11) is 1.64. The molecule has 2 aromatic rings. The lowest BCUT2D eigenvalue weighted by atomic mass is 10.1. The summed E-state index contributed by atoms with van der Waals surface area (Å²) < 4.78 is 5.68. The van der Waals surface area contributed by atoms with Crippen LogP contribution in [0.4, 0.5) is 5.82 Å². The Morgan fingerprint density at radius 1 is 1.37 bits per heavy atom. The monoisotopic (exact) mass is 371 g/mol. The summed E-state index contributed by atoms with van der Waals surface area (Å²) in [6.07, 6.45) is 1.40. The van der Waals surface area contributed by atoms with Gasteiger partial charge in [0.15, 0.2) is 0 Å². The zero-order valence-corrected chi connectivity index (χ0v) is 12.8. The SMILES string of the molecule is COc1ccc(C(C)Nc2nc[nH]c(=O)c2I)cc1. The molecular weight excluding hydrogens is 357 g/mol. The van der Waals surface area contributed by atoms with Crippen molar-refractivity contribution in [2.75, 3.05) is 12.4 Å². The van der Waals surface area contributed by atoms with Gasteiger partial charge in [-0.3, -0.25) is 4.79 Å². The van der Waals surface area contributed by atoms with Crippen LogP contribution in [-0.4, -0.2) is 17.1 Å². The Balaban J connectivity index is 2.18. The Morgan fingerprint density at radius 2 is 2.05 bits per heavy atom. The molecule has 2 rings (SSSR count). The van der Waals surface area contributed by atoms with Gasteiger partial charge in [-0.15, -0.1) is 0 Å². The molecule has 2 N–H and O–H groups in total. The number of hydrogen-bond donors (Lipinski definition) is 2. The van der Waals surface area contributed by atoms with E-state index in [0.717, 1.165) is 11.3 Å². The molecule has 0 radical (unpaired) electrons. The van der Waals surface area contributed by atoms with Crippen LogP contribution in [0.3, 0.4) is 0 Å². The fourth-order valence-electron chi connectivity index (χ4n) is 1.66. The largest absolute Gasteiger partial charge is 0.497 e. The number of aromatic amines is 1. The number of anilines is 1. The first-order chi connectivity index (χ1) is 9.11. The molecule has 0 saturated heterocycles. The molecule has 1 aromatic heterocycles. The molecule has 0 bridgehead atoms. The Bertz CT molecular complexity index is 610. The number of rotatable bonds is 4. The maximum atomic E-state index is 11.5. The van der Waals surface area contributed by atoms with Crippen LogP contribution in [-0.2, 0) is 0 Å². The number of benzene rings is 1. The number of hydrogen-bond acceptors (Lipinski definition) is 4. The minimum Gasteiger partial charge on any atom is -0.497 e. The molecule has 0 spiro atoms. The van der Waals surface area contributed by atoms with Crippen molar-refractivity contribution in [3.8, 4) is 5.75 Å². The topological polar surface area (TPSA) is 67.0 Å². The van der Waals surface area contributed by atoms with Gasteiger partial charge in [-0.1, -0.05) is 12.1 Å². The van der Waals surface area contributed by atoms with Crippen LogP contribution in [0.25, 0.3) is 0 Å². The molecule has 1 unspecified atom stereocenters. The summed E-state index contributed by atoms with van der Waals surface area (Å²) in [5.74, 6) is 1.41. The predicted molar refractivity (Wildman–Crippen MR) is 82.6 cm³/mol. The van der Waals surface area contributed by atoms with Crippen molar-refractivity contribution in [1.82, 2.24) is 9.97 Å². The maximum absolute atomic E-state index is 11.5. The molecule has 1 atom stereocenters. The number of aromatic nitrogens is 2. The van der Waals surface area contributed by atoms with Gasteiger partial charge in [0.25, 0.3) is 5.56 Å². The summed E-state index contributed by atoms with van der Waals surface area (Å²) in [6, 6.07) is 7.83. The lowest BCUT2D eigenvalue weighted by Crippen LogP contribution is -2.16. The molecule has 19 heavy (non-hydrogen) atoms. The van der Waals surface area contributed by atoms with E-state index in [2.05, 4.69) is 15.3 Å². The summed E-state index contributed by atoms with van der Waals surface area (Å²) in [5.41, 5.74) is 0.957. The highest BCUT2D eigenvalue weighted by molar-refractivity contribution is 14.1. The highest BCUT2D eigenvalue weighted by Gasteiger charge is 2.10.